The molecular weight excluding hydrogens is 729 g/mol. The van der Waals surface area contributed by atoms with E-state index in [1.54, 1.807) is 43.0 Å². The number of nitrogens with zero attached hydrogens (tertiary/aromatic N) is 8. The van der Waals surface area contributed by atoms with Gasteiger partial charge in [-0.1, -0.05) is 18.9 Å². The summed E-state index contributed by atoms with van der Waals surface area (Å²) in [7, 11) is 5.27. The average Bonchev–Trinajstić information content (AvgIpc) is 3.92. The Bertz CT molecular complexity index is 2400. The van der Waals surface area contributed by atoms with Crippen LogP contribution in [0.15, 0.2) is 53.6 Å². The van der Waals surface area contributed by atoms with Crippen LogP contribution < -0.4 is 26.0 Å². The maximum atomic E-state index is 13.4. The molecule has 16 nitrogen and oxygen atoms in total. The van der Waals surface area contributed by atoms with E-state index in [2.05, 4.69) is 30.1 Å². The maximum Gasteiger partial charge on any atom is 0.329 e. The lowest BCUT2D eigenvalue weighted by Crippen LogP contribution is -2.44. The average molecular weight is 777 g/mol. The van der Waals surface area contributed by atoms with Gasteiger partial charge < -0.3 is 29.2 Å². The van der Waals surface area contributed by atoms with Crippen molar-refractivity contribution in [3.8, 4) is 5.75 Å². The van der Waals surface area contributed by atoms with Gasteiger partial charge in [-0.25, -0.2) is 14.8 Å². The van der Waals surface area contributed by atoms with Crippen LogP contribution in [0.4, 0.5) is 17.5 Å². The number of fused-ring (bicyclic) bond motifs is 2. The first-order chi connectivity index (χ1) is 27.6. The van der Waals surface area contributed by atoms with Gasteiger partial charge in [-0.2, -0.15) is 4.98 Å². The summed E-state index contributed by atoms with van der Waals surface area (Å²) >= 11 is 0. The number of piperidine rings is 2. The molecule has 5 aromatic rings. The number of imide groups is 1. The SMILES string of the molecule is CN(C)C(=O)c1cc2cnc(Nc3ccc(OC4CC(OC5CCN(c6cccc7c6n(C)c(=O)n7[C@@H]6CCC(=O)NC6=O)CC5)C4)cn3)nc2n1C1CCCC1. The highest BCUT2D eigenvalue weighted by Crippen LogP contribution is 2.36. The highest BCUT2D eigenvalue weighted by Gasteiger charge is 2.36. The lowest BCUT2D eigenvalue weighted by molar-refractivity contribution is -0.135. The van der Waals surface area contributed by atoms with Gasteiger partial charge in [0.1, 0.15) is 35.1 Å². The van der Waals surface area contributed by atoms with E-state index in [0.29, 0.717) is 35.1 Å². The van der Waals surface area contributed by atoms with E-state index in [1.165, 1.54) is 4.57 Å². The standard InChI is InChI=1S/C41H48N10O6/c1-47(2)39(54)33-19-24-22-43-40(46-37(24)50(33)25-7-4-5-8-25)44-34-13-11-27(23-42-34)57-29-20-28(21-29)56-26-15-17-49(18-16-26)30-9-6-10-31-36(30)48(3)41(55)51(31)32-12-14-35(52)45-38(32)53/h6,9-11,13,19,22-23,25-26,28-29,32H,4-5,7-8,12,14-18,20-21H2,1-3H3,(H,45,52,53)(H,42,43,44,46)/t28?,29?,32-/m1/s1. The number of hydrogen-bond donors (Lipinski definition) is 2. The number of hydrogen-bond acceptors (Lipinski definition) is 11. The molecule has 0 radical (unpaired) electrons. The Kier molecular flexibility index (Phi) is 9.67. The van der Waals surface area contributed by atoms with Crippen molar-refractivity contribution < 1.29 is 23.9 Å². The smallest absolute Gasteiger partial charge is 0.329 e. The second-order valence-electron chi connectivity index (χ2n) is 16.0. The lowest BCUT2D eigenvalue weighted by atomic mass is 9.91. The van der Waals surface area contributed by atoms with Crippen molar-refractivity contribution in [1.29, 1.82) is 0 Å². The van der Waals surface area contributed by atoms with Gasteiger partial charge in [0.2, 0.25) is 17.8 Å². The van der Waals surface area contributed by atoms with Gasteiger partial charge in [0.15, 0.2) is 0 Å². The number of pyridine rings is 1. The Morgan fingerprint density at radius 3 is 2.42 bits per heavy atom. The molecule has 16 heteroatoms. The molecule has 0 bridgehead atoms. The number of carbonyl (C=O) groups is 3. The number of imidazole rings is 1. The maximum absolute atomic E-state index is 13.4. The Morgan fingerprint density at radius 2 is 1.70 bits per heavy atom. The molecule has 2 saturated heterocycles. The monoisotopic (exact) mass is 776 g/mol. The summed E-state index contributed by atoms with van der Waals surface area (Å²) in [6.45, 7) is 1.56. The summed E-state index contributed by atoms with van der Waals surface area (Å²) in [5.74, 6) is 0.917. The molecule has 1 aromatic carbocycles. The fourth-order valence-corrected chi connectivity index (χ4v) is 8.96. The third-order valence-corrected chi connectivity index (χ3v) is 12.0. The van der Waals surface area contributed by atoms with Crippen LogP contribution >= 0.6 is 0 Å². The molecule has 2 saturated carbocycles. The molecule has 4 fully saturated rings. The first-order valence-electron chi connectivity index (χ1n) is 20.0. The predicted molar refractivity (Wildman–Crippen MR) is 213 cm³/mol. The number of nitrogens with one attached hydrogen (secondary N) is 2. The number of benzene rings is 1. The van der Waals surface area contributed by atoms with Crippen molar-refractivity contribution in [2.24, 2.45) is 7.05 Å². The van der Waals surface area contributed by atoms with Crippen molar-refractivity contribution in [2.75, 3.05) is 37.4 Å². The summed E-state index contributed by atoms with van der Waals surface area (Å²) in [5, 5.41) is 6.44. The molecule has 9 rings (SSSR count). The Balaban J connectivity index is 0.774. The topological polar surface area (TPSA) is 171 Å². The molecule has 3 amide bonds. The van der Waals surface area contributed by atoms with E-state index in [4.69, 9.17) is 14.5 Å². The molecule has 6 heterocycles. The summed E-state index contributed by atoms with van der Waals surface area (Å²) in [5.41, 5.74) is 3.57. The number of aromatic nitrogens is 6. The van der Waals surface area contributed by atoms with Crippen molar-refractivity contribution in [3.63, 3.8) is 0 Å². The van der Waals surface area contributed by atoms with Crippen LogP contribution in [0.1, 0.15) is 86.8 Å². The van der Waals surface area contributed by atoms with Gasteiger partial charge in [-0.05, 0) is 62.4 Å². The summed E-state index contributed by atoms with van der Waals surface area (Å²) in [6, 6.07) is 11.0. The zero-order valence-corrected chi connectivity index (χ0v) is 32.5. The third kappa shape index (κ3) is 7.00. The van der Waals surface area contributed by atoms with E-state index in [1.807, 2.05) is 36.4 Å². The van der Waals surface area contributed by atoms with Crippen LogP contribution in [0.3, 0.4) is 0 Å². The summed E-state index contributed by atoms with van der Waals surface area (Å²) in [6.07, 6.45) is 12.0. The first kappa shape index (κ1) is 36.8. The Labute approximate surface area is 329 Å². The van der Waals surface area contributed by atoms with Gasteiger partial charge in [-0.15, -0.1) is 0 Å². The van der Waals surface area contributed by atoms with Crippen molar-refractivity contribution in [1.82, 2.24) is 38.9 Å². The van der Waals surface area contributed by atoms with Crippen LogP contribution in [0.25, 0.3) is 22.1 Å². The second-order valence-corrected chi connectivity index (χ2v) is 16.0. The fraction of sp³-hybridized carbons (Fsp3) is 0.488. The van der Waals surface area contributed by atoms with Crippen molar-refractivity contribution in [2.45, 2.75) is 94.6 Å². The molecule has 4 aromatic heterocycles. The van der Waals surface area contributed by atoms with Gasteiger partial charge in [-0.3, -0.25) is 28.8 Å². The minimum Gasteiger partial charge on any atom is -0.489 e. The molecular formula is C41H48N10O6. The predicted octanol–water partition coefficient (Wildman–Crippen LogP) is 4.61. The minimum atomic E-state index is -0.713. The number of amides is 3. The van der Waals surface area contributed by atoms with E-state index in [-0.39, 0.29) is 48.3 Å². The number of ether oxygens (including phenoxy) is 2. The zero-order valence-electron chi connectivity index (χ0n) is 32.5. The van der Waals surface area contributed by atoms with E-state index < -0.39 is 11.9 Å². The van der Waals surface area contributed by atoms with E-state index >= 15 is 0 Å². The molecule has 0 unspecified atom stereocenters. The number of rotatable bonds is 10. The van der Waals surface area contributed by atoms with Crippen molar-refractivity contribution >= 4 is 57.2 Å². The van der Waals surface area contributed by atoms with E-state index in [0.717, 1.165) is 86.7 Å². The lowest BCUT2D eigenvalue weighted by Gasteiger charge is -2.40. The molecule has 2 N–H and O–H groups in total. The van der Waals surface area contributed by atoms with Crippen molar-refractivity contribution in [3.05, 3.63) is 65.0 Å². The highest BCUT2D eigenvalue weighted by atomic mass is 16.5. The molecule has 0 spiro atoms. The van der Waals surface area contributed by atoms with Gasteiger partial charge in [0.05, 0.1) is 35.1 Å². The quantitative estimate of drug-likeness (QED) is 0.190. The first-order valence-corrected chi connectivity index (χ1v) is 20.0. The molecule has 4 aliphatic rings. The van der Waals surface area contributed by atoms with Gasteiger partial charge >= 0.3 is 5.69 Å². The fourth-order valence-electron chi connectivity index (χ4n) is 8.96. The van der Waals surface area contributed by atoms with Crippen LogP contribution in [-0.4, -0.2) is 96.8 Å². The zero-order chi connectivity index (χ0) is 39.4. The second kappa shape index (κ2) is 15.0. The highest BCUT2D eigenvalue weighted by molar-refractivity contribution is 6.01. The number of para-hydroxylation sites is 1. The largest absolute Gasteiger partial charge is 0.489 e. The molecule has 1 atom stereocenters. The normalized spacial score (nSPS) is 21.9. The van der Waals surface area contributed by atoms with Crippen LogP contribution in [0.2, 0.25) is 0 Å². The molecule has 57 heavy (non-hydrogen) atoms. The molecule has 298 valence electrons. The Hall–Kier alpha value is -5.77. The molecule has 2 aliphatic heterocycles. The van der Waals surface area contributed by atoms with Gasteiger partial charge in [0.25, 0.3) is 5.91 Å². The third-order valence-electron chi connectivity index (χ3n) is 12.0. The Morgan fingerprint density at radius 1 is 0.912 bits per heavy atom. The minimum absolute atomic E-state index is 0.0412. The van der Waals surface area contributed by atoms with Crippen LogP contribution in [-0.2, 0) is 21.4 Å². The summed E-state index contributed by atoms with van der Waals surface area (Å²) < 4.78 is 18.0. The van der Waals surface area contributed by atoms with Gasteiger partial charge in [0, 0.05) is 71.1 Å². The number of carbonyl (C=O) groups excluding carboxylic acids is 3. The number of anilines is 3. The molecule has 2 aliphatic carbocycles. The van der Waals surface area contributed by atoms with Crippen LogP contribution in [0, 0.1) is 0 Å². The summed E-state index contributed by atoms with van der Waals surface area (Å²) in [4.78, 5) is 68.7. The number of aryl methyl sites for hydroxylation is 1. The van der Waals surface area contributed by atoms with Crippen LogP contribution in [0.5, 0.6) is 5.75 Å². The van der Waals surface area contributed by atoms with E-state index in [9.17, 15) is 19.2 Å².